The summed E-state index contributed by atoms with van der Waals surface area (Å²) in [6, 6.07) is 17.9. The number of carbonyl (C=O) groups is 2. The van der Waals surface area contributed by atoms with E-state index in [4.69, 9.17) is 9.47 Å². The Morgan fingerprint density at radius 1 is 0.968 bits per heavy atom. The SMILES string of the molecule is CC(=O)Oc1ccc(/C(=C\c2ccccc2)C(=O)OC2CC3CCC(C2)[NH+]3C)cc1.[Cl-]. The maximum absolute atomic E-state index is 13.2. The molecule has 0 saturated carbocycles. The van der Waals surface area contributed by atoms with E-state index in [-0.39, 0.29) is 30.4 Å². The van der Waals surface area contributed by atoms with Crippen LogP contribution in [0.4, 0.5) is 0 Å². The Hall–Kier alpha value is -2.63. The van der Waals surface area contributed by atoms with Gasteiger partial charge in [0.15, 0.2) is 0 Å². The maximum Gasteiger partial charge on any atom is 0.339 e. The predicted octanol–water partition coefficient (Wildman–Crippen LogP) is -0.0922. The average Bonchev–Trinajstić information content (AvgIpc) is 2.94. The zero-order chi connectivity index (χ0) is 21.1. The van der Waals surface area contributed by atoms with Gasteiger partial charge < -0.3 is 26.8 Å². The summed E-state index contributed by atoms with van der Waals surface area (Å²) in [7, 11) is 2.26. The highest BCUT2D eigenvalue weighted by Crippen LogP contribution is 2.28. The zero-order valence-corrected chi connectivity index (χ0v) is 18.6. The van der Waals surface area contributed by atoms with Gasteiger partial charge >= 0.3 is 11.9 Å². The van der Waals surface area contributed by atoms with Crippen LogP contribution in [0.3, 0.4) is 0 Å². The van der Waals surface area contributed by atoms with Crippen LogP contribution in [0.5, 0.6) is 5.75 Å². The Morgan fingerprint density at radius 2 is 1.58 bits per heavy atom. The van der Waals surface area contributed by atoms with E-state index in [0.29, 0.717) is 23.4 Å². The molecule has 0 radical (unpaired) electrons. The molecule has 2 atom stereocenters. The van der Waals surface area contributed by atoms with Crippen molar-refractivity contribution in [3.8, 4) is 5.75 Å². The van der Waals surface area contributed by atoms with Crippen molar-refractivity contribution < 1.29 is 36.4 Å². The predicted molar refractivity (Wildman–Crippen MR) is 115 cm³/mol. The molecule has 2 unspecified atom stereocenters. The molecule has 164 valence electrons. The molecule has 2 aromatic carbocycles. The lowest BCUT2D eigenvalue weighted by atomic mass is 9.99. The molecule has 1 N–H and O–H groups in total. The Bertz CT molecular complexity index is 928. The summed E-state index contributed by atoms with van der Waals surface area (Å²) in [4.78, 5) is 26.0. The van der Waals surface area contributed by atoms with E-state index in [1.54, 1.807) is 29.2 Å². The van der Waals surface area contributed by atoms with Gasteiger partial charge in [-0.05, 0) is 29.3 Å². The Kier molecular flexibility index (Phi) is 7.52. The monoisotopic (exact) mass is 441 g/mol. The van der Waals surface area contributed by atoms with Crippen LogP contribution >= 0.6 is 0 Å². The third kappa shape index (κ3) is 5.54. The second kappa shape index (κ2) is 10.1. The molecule has 2 fully saturated rings. The number of rotatable bonds is 5. The summed E-state index contributed by atoms with van der Waals surface area (Å²) in [6.07, 6.45) is 6.12. The Balaban J connectivity index is 0.00000272. The van der Waals surface area contributed by atoms with Crippen molar-refractivity contribution in [2.45, 2.75) is 50.8 Å². The summed E-state index contributed by atoms with van der Waals surface area (Å²) < 4.78 is 11.1. The van der Waals surface area contributed by atoms with Gasteiger partial charge in [0, 0.05) is 32.6 Å². The van der Waals surface area contributed by atoms with Crippen LogP contribution in [0.15, 0.2) is 54.6 Å². The number of halogens is 1. The quantitative estimate of drug-likeness (QED) is 0.305. The van der Waals surface area contributed by atoms with Crippen molar-refractivity contribution in [1.82, 2.24) is 0 Å². The number of nitrogens with one attached hydrogen (secondary N) is 1. The van der Waals surface area contributed by atoms with E-state index in [9.17, 15) is 9.59 Å². The van der Waals surface area contributed by atoms with Gasteiger partial charge in [-0.15, -0.1) is 0 Å². The van der Waals surface area contributed by atoms with Gasteiger partial charge in [0.1, 0.15) is 11.9 Å². The molecule has 2 aromatic rings. The molecule has 2 saturated heterocycles. The second-order valence-electron chi connectivity index (χ2n) is 8.30. The minimum absolute atomic E-state index is 0. The van der Waals surface area contributed by atoms with Gasteiger partial charge in [-0.25, -0.2) is 4.79 Å². The lowest BCUT2D eigenvalue weighted by molar-refractivity contribution is -0.923. The van der Waals surface area contributed by atoms with Crippen LogP contribution in [-0.2, 0) is 14.3 Å². The molecule has 31 heavy (non-hydrogen) atoms. The van der Waals surface area contributed by atoms with Crippen molar-refractivity contribution in [3.05, 3.63) is 65.7 Å². The van der Waals surface area contributed by atoms with Gasteiger partial charge in [-0.3, -0.25) is 4.79 Å². The normalized spacial score (nSPS) is 24.8. The van der Waals surface area contributed by atoms with Crippen molar-refractivity contribution in [1.29, 1.82) is 0 Å². The first-order valence-electron chi connectivity index (χ1n) is 10.6. The number of ether oxygens (including phenoxy) is 2. The molecule has 6 heteroatoms. The first kappa shape index (κ1) is 23.0. The van der Waals surface area contributed by atoms with Crippen LogP contribution in [0, 0.1) is 0 Å². The number of esters is 2. The number of hydrogen-bond donors (Lipinski definition) is 1. The Morgan fingerprint density at radius 3 is 2.16 bits per heavy atom. The van der Waals surface area contributed by atoms with Crippen LogP contribution in [0.25, 0.3) is 11.6 Å². The summed E-state index contributed by atoms with van der Waals surface area (Å²) in [5.74, 6) is -0.224. The molecular weight excluding hydrogens is 414 g/mol. The summed E-state index contributed by atoms with van der Waals surface area (Å²) in [5, 5.41) is 0. The van der Waals surface area contributed by atoms with Crippen molar-refractivity contribution in [2.24, 2.45) is 0 Å². The lowest BCUT2D eigenvalue weighted by Crippen LogP contribution is -3.15. The standard InChI is InChI=1S/C25H27NO4.ClH/c1-17(27)29-22-12-8-19(9-13-22)24(14-18-6-4-3-5-7-18)25(28)30-23-15-20-10-11-21(16-23)26(20)2;/h3-9,12-14,20-21,23H,10-11,15-16H2,1-2H3;1H/b24-14+;. The smallest absolute Gasteiger partial charge is 0.339 e. The highest BCUT2D eigenvalue weighted by Gasteiger charge is 2.43. The molecule has 0 aromatic heterocycles. The van der Waals surface area contributed by atoms with E-state index in [2.05, 4.69) is 7.05 Å². The van der Waals surface area contributed by atoms with E-state index in [0.717, 1.165) is 24.0 Å². The highest BCUT2D eigenvalue weighted by molar-refractivity contribution is 6.21. The van der Waals surface area contributed by atoms with E-state index < -0.39 is 0 Å². The molecule has 0 amide bonds. The largest absolute Gasteiger partial charge is 1.00 e. The number of quaternary nitrogens is 1. The number of hydrogen-bond acceptors (Lipinski definition) is 4. The van der Waals surface area contributed by atoms with Crippen LogP contribution in [0.2, 0.25) is 0 Å². The molecule has 0 aliphatic carbocycles. The van der Waals surface area contributed by atoms with Crippen LogP contribution in [-0.4, -0.2) is 37.2 Å². The van der Waals surface area contributed by atoms with E-state index in [1.165, 1.54) is 19.8 Å². The minimum Gasteiger partial charge on any atom is -1.00 e. The minimum atomic E-state index is -0.374. The van der Waals surface area contributed by atoms with Gasteiger partial charge in [0.2, 0.25) is 0 Å². The number of benzene rings is 2. The molecule has 2 bridgehead atoms. The molecule has 4 rings (SSSR count). The van der Waals surface area contributed by atoms with Crippen LogP contribution in [0.1, 0.15) is 43.7 Å². The zero-order valence-electron chi connectivity index (χ0n) is 17.8. The number of fused-ring (bicyclic) bond motifs is 2. The summed E-state index contributed by atoms with van der Waals surface area (Å²) in [5.41, 5.74) is 2.18. The third-order valence-electron chi connectivity index (χ3n) is 6.28. The average molecular weight is 442 g/mol. The van der Waals surface area contributed by atoms with Gasteiger partial charge in [-0.1, -0.05) is 42.5 Å². The first-order chi connectivity index (χ1) is 14.5. The third-order valence-corrected chi connectivity index (χ3v) is 6.28. The first-order valence-corrected chi connectivity index (χ1v) is 10.6. The lowest BCUT2D eigenvalue weighted by Gasteiger charge is -2.33. The molecule has 2 aliphatic rings. The van der Waals surface area contributed by atoms with Gasteiger partial charge in [0.25, 0.3) is 0 Å². The van der Waals surface area contributed by atoms with Crippen molar-refractivity contribution in [3.63, 3.8) is 0 Å². The van der Waals surface area contributed by atoms with Gasteiger partial charge in [-0.2, -0.15) is 0 Å². The fourth-order valence-electron chi connectivity index (χ4n) is 4.69. The molecule has 2 heterocycles. The molecular formula is C25H28ClNO4. The number of piperidine rings is 1. The fourth-order valence-corrected chi connectivity index (χ4v) is 4.69. The summed E-state index contributed by atoms with van der Waals surface area (Å²) in [6.45, 7) is 1.36. The van der Waals surface area contributed by atoms with E-state index in [1.807, 2.05) is 36.4 Å². The van der Waals surface area contributed by atoms with E-state index >= 15 is 0 Å². The molecule has 0 spiro atoms. The van der Waals surface area contributed by atoms with Crippen LogP contribution < -0.4 is 22.0 Å². The maximum atomic E-state index is 13.2. The van der Waals surface area contributed by atoms with Crippen molar-refractivity contribution in [2.75, 3.05) is 7.05 Å². The fraction of sp³-hybridized carbons (Fsp3) is 0.360. The topological polar surface area (TPSA) is 57.0 Å². The Labute approximate surface area is 189 Å². The summed E-state index contributed by atoms with van der Waals surface area (Å²) >= 11 is 0. The number of carbonyl (C=O) groups excluding carboxylic acids is 2. The molecule has 5 nitrogen and oxygen atoms in total. The highest BCUT2D eigenvalue weighted by atomic mass is 35.5. The van der Waals surface area contributed by atoms with Crippen molar-refractivity contribution >= 4 is 23.6 Å². The van der Waals surface area contributed by atoms with Gasteiger partial charge in [0.05, 0.1) is 24.7 Å². The molecule has 2 aliphatic heterocycles. The second-order valence-corrected chi connectivity index (χ2v) is 8.30.